The predicted octanol–water partition coefficient (Wildman–Crippen LogP) is 3.24. The van der Waals surface area contributed by atoms with Crippen LogP contribution in [0.5, 0.6) is 0 Å². The average Bonchev–Trinajstić information content (AvgIpc) is 2.48. The van der Waals surface area contributed by atoms with Crippen LogP contribution in [0.4, 0.5) is 5.69 Å². The first kappa shape index (κ1) is 15.0. The average molecular weight is 274 g/mol. The second-order valence-electron chi connectivity index (χ2n) is 5.54. The van der Waals surface area contributed by atoms with Crippen molar-refractivity contribution in [2.75, 3.05) is 25.0 Å². The fourth-order valence-corrected chi connectivity index (χ4v) is 2.90. The smallest absolute Gasteiger partial charge is 0.238 e. The van der Waals surface area contributed by atoms with Gasteiger partial charge in [-0.3, -0.25) is 9.69 Å². The summed E-state index contributed by atoms with van der Waals surface area (Å²) in [6.07, 6.45) is 5.65. The summed E-state index contributed by atoms with van der Waals surface area (Å²) in [5.74, 6) is 0.127. The van der Waals surface area contributed by atoms with E-state index in [9.17, 15) is 4.79 Å². The van der Waals surface area contributed by atoms with Gasteiger partial charge in [-0.05, 0) is 49.9 Å². The first-order valence-corrected chi connectivity index (χ1v) is 7.87. The fourth-order valence-electron chi connectivity index (χ4n) is 2.90. The van der Waals surface area contributed by atoms with Crippen LogP contribution in [0.25, 0.3) is 0 Å². The van der Waals surface area contributed by atoms with Crippen LogP contribution in [0.3, 0.4) is 0 Å². The van der Waals surface area contributed by atoms with E-state index < -0.39 is 0 Å². The molecule has 1 aromatic carbocycles. The third-order valence-electron chi connectivity index (χ3n) is 4.08. The molecule has 3 nitrogen and oxygen atoms in total. The normalized spacial score (nSPS) is 16.1. The molecule has 0 bridgehead atoms. The quantitative estimate of drug-likeness (QED) is 0.894. The van der Waals surface area contributed by atoms with Crippen molar-refractivity contribution in [3.8, 4) is 0 Å². The number of carbonyl (C=O) groups excluding carboxylic acids is 1. The van der Waals surface area contributed by atoms with E-state index in [0.29, 0.717) is 6.54 Å². The second-order valence-corrected chi connectivity index (χ2v) is 5.54. The van der Waals surface area contributed by atoms with Gasteiger partial charge in [0.15, 0.2) is 0 Å². The lowest BCUT2D eigenvalue weighted by atomic mass is 10.0. The number of benzene rings is 1. The van der Waals surface area contributed by atoms with Gasteiger partial charge in [-0.2, -0.15) is 0 Å². The van der Waals surface area contributed by atoms with Gasteiger partial charge in [0.2, 0.25) is 5.91 Å². The number of hydrogen-bond acceptors (Lipinski definition) is 2. The van der Waals surface area contributed by atoms with Crippen molar-refractivity contribution in [2.45, 2.75) is 46.0 Å². The molecule has 1 N–H and O–H groups in total. The Morgan fingerprint density at radius 2 is 1.70 bits per heavy atom. The van der Waals surface area contributed by atoms with Crippen molar-refractivity contribution in [3.63, 3.8) is 0 Å². The van der Waals surface area contributed by atoms with Crippen LogP contribution in [-0.2, 0) is 17.6 Å². The zero-order valence-electron chi connectivity index (χ0n) is 12.7. The molecule has 0 aromatic heterocycles. The van der Waals surface area contributed by atoms with Gasteiger partial charge < -0.3 is 5.32 Å². The Morgan fingerprint density at radius 1 is 1.10 bits per heavy atom. The lowest BCUT2D eigenvalue weighted by molar-refractivity contribution is -0.117. The van der Waals surface area contributed by atoms with Crippen molar-refractivity contribution in [1.29, 1.82) is 0 Å². The number of rotatable bonds is 5. The van der Waals surface area contributed by atoms with E-state index in [2.05, 4.69) is 42.3 Å². The van der Waals surface area contributed by atoms with E-state index in [1.54, 1.807) is 0 Å². The summed E-state index contributed by atoms with van der Waals surface area (Å²) in [6.45, 7) is 6.91. The minimum atomic E-state index is 0.127. The highest BCUT2D eigenvalue weighted by Gasteiger charge is 2.15. The molecule has 2 rings (SSSR count). The maximum absolute atomic E-state index is 12.3. The summed E-state index contributed by atoms with van der Waals surface area (Å²) < 4.78 is 0. The van der Waals surface area contributed by atoms with Crippen molar-refractivity contribution in [3.05, 3.63) is 29.3 Å². The lowest BCUT2D eigenvalue weighted by Crippen LogP contribution is -2.37. The molecule has 0 aliphatic carbocycles. The van der Waals surface area contributed by atoms with Crippen LogP contribution >= 0.6 is 0 Å². The van der Waals surface area contributed by atoms with E-state index in [4.69, 9.17) is 0 Å². The number of nitrogens with one attached hydrogen (secondary N) is 1. The number of carbonyl (C=O) groups is 1. The predicted molar refractivity (Wildman–Crippen MR) is 84.1 cm³/mol. The van der Waals surface area contributed by atoms with Gasteiger partial charge in [-0.15, -0.1) is 0 Å². The number of likely N-dealkylation sites (tertiary alicyclic amines) is 1. The molecule has 1 heterocycles. The van der Waals surface area contributed by atoms with E-state index >= 15 is 0 Å². The third-order valence-corrected chi connectivity index (χ3v) is 4.08. The summed E-state index contributed by atoms with van der Waals surface area (Å²) in [5.41, 5.74) is 3.51. The molecule has 1 fully saturated rings. The molecule has 20 heavy (non-hydrogen) atoms. The standard InChI is InChI=1S/C17H26N2O/c1-3-14-9-8-10-15(4-2)17(14)18-16(20)13-19-11-6-5-7-12-19/h8-10H,3-7,11-13H2,1-2H3,(H,18,20). The molecular formula is C17H26N2O. The number of anilines is 1. The van der Waals surface area contributed by atoms with Gasteiger partial charge in [0.25, 0.3) is 0 Å². The Morgan fingerprint density at radius 3 is 2.25 bits per heavy atom. The van der Waals surface area contributed by atoms with E-state index in [1.807, 2.05) is 0 Å². The molecule has 1 saturated heterocycles. The molecule has 1 aliphatic rings. The Hall–Kier alpha value is -1.35. The number of para-hydroxylation sites is 1. The lowest BCUT2D eigenvalue weighted by Gasteiger charge is -2.26. The molecule has 3 heteroatoms. The van der Waals surface area contributed by atoms with Crippen LogP contribution in [0.15, 0.2) is 18.2 Å². The molecule has 1 amide bonds. The first-order chi connectivity index (χ1) is 9.74. The second kappa shape index (κ2) is 7.44. The van der Waals surface area contributed by atoms with Gasteiger partial charge in [-0.25, -0.2) is 0 Å². The van der Waals surface area contributed by atoms with E-state index in [-0.39, 0.29) is 5.91 Å². The van der Waals surface area contributed by atoms with Gasteiger partial charge in [0.1, 0.15) is 0 Å². The van der Waals surface area contributed by atoms with Gasteiger partial charge in [0, 0.05) is 5.69 Å². The SMILES string of the molecule is CCc1cccc(CC)c1NC(=O)CN1CCCCC1. The van der Waals surface area contributed by atoms with Crippen LogP contribution in [0.1, 0.15) is 44.2 Å². The van der Waals surface area contributed by atoms with E-state index in [0.717, 1.165) is 31.6 Å². The summed E-state index contributed by atoms with van der Waals surface area (Å²) >= 11 is 0. The highest BCUT2D eigenvalue weighted by atomic mass is 16.2. The Kier molecular flexibility index (Phi) is 5.60. The van der Waals surface area contributed by atoms with Gasteiger partial charge >= 0.3 is 0 Å². The summed E-state index contributed by atoms with van der Waals surface area (Å²) in [5, 5.41) is 3.15. The minimum absolute atomic E-state index is 0.127. The van der Waals surface area contributed by atoms with Crippen LogP contribution < -0.4 is 5.32 Å². The first-order valence-electron chi connectivity index (χ1n) is 7.87. The number of nitrogens with zero attached hydrogens (tertiary/aromatic N) is 1. The van der Waals surface area contributed by atoms with Crippen molar-refractivity contribution in [1.82, 2.24) is 4.90 Å². The number of hydrogen-bond donors (Lipinski definition) is 1. The fraction of sp³-hybridized carbons (Fsp3) is 0.588. The zero-order valence-corrected chi connectivity index (χ0v) is 12.7. The monoisotopic (exact) mass is 274 g/mol. The maximum Gasteiger partial charge on any atom is 0.238 e. The molecule has 0 spiro atoms. The maximum atomic E-state index is 12.3. The molecule has 0 saturated carbocycles. The Balaban J connectivity index is 2.02. The highest BCUT2D eigenvalue weighted by molar-refractivity contribution is 5.93. The number of piperidine rings is 1. The molecule has 1 aliphatic heterocycles. The molecular weight excluding hydrogens is 248 g/mol. The summed E-state index contributed by atoms with van der Waals surface area (Å²) in [6, 6.07) is 6.29. The molecule has 110 valence electrons. The van der Waals surface area contributed by atoms with Crippen molar-refractivity contribution in [2.24, 2.45) is 0 Å². The molecule has 0 unspecified atom stereocenters. The largest absolute Gasteiger partial charge is 0.324 e. The number of amides is 1. The Bertz CT molecular complexity index is 428. The van der Waals surface area contributed by atoms with Crippen molar-refractivity contribution >= 4 is 11.6 Å². The zero-order chi connectivity index (χ0) is 14.4. The molecule has 0 atom stereocenters. The van der Waals surface area contributed by atoms with Gasteiger partial charge in [0.05, 0.1) is 6.54 Å². The van der Waals surface area contributed by atoms with Crippen LogP contribution in [-0.4, -0.2) is 30.4 Å². The summed E-state index contributed by atoms with van der Waals surface area (Å²) in [4.78, 5) is 14.5. The highest BCUT2D eigenvalue weighted by Crippen LogP contribution is 2.22. The molecule has 0 radical (unpaired) electrons. The van der Waals surface area contributed by atoms with Crippen LogP contribution in [0.2, 0.25) is 0 Å². The number of aryl methyl sites for hydroxylation is 2. The third kappa shape index (κ3) is 3.83. The minimum Gasteiger partial charge on any atom is -0.324 e. The van der Waals surface area contributed by atoms with Gasteiger partial charge in [-0.1, -0.05) is 38.5 Å². The topological polar surface area (TPSA) is 32.3 Å². The van der Waals surface area contributed by atoms with Crippen molar-refractivity contribution < 1.29 is 4.79 Å². The molecule has 1 aromatic rings. The summed E-state index contributed by atoms with van der Waals surface area (Å²) in [7, 11) is 0. The van der Waals surface area contributed by atoms with E-state index in [1.165, 1.54) is 30.4 Å². The van der Waals surface area contributed by atoms with Crippen LogP contribution in [0, 0.1) is 0 Å². The Labute approximate surface area is 122 Å².